The number of hydrogen-bond donors (Lipinski definition) is 0. The second-order valence-electron chi connectivity index (χ2n) is 6.54. The van der Waals surface area contributed by atoms with Gasteiger partial charge in [0.05, 0.1) is 20.3 Å². The van der Waals surface area contributed by atoms with Crippen molar-refractivity contribution in [2.24, 2.45) is 0 Å². The molecule has 0 bridgehead atoms. The average Bonchev–Trinajstić information content (AvgIpc) is 2.58. The van der Waals surface area contributed by atoms with Gasteiger partial charge >= 0.3 is 0 Å². The average molecular weight is 312 g/mol. The Morgan fingerprint density at radius 1 is 1.04 bits per heavy atom. The Kier molecular flexibility index (Phi) is 4.21. The maximum atomic E-state index is 5.43. The summed E-state index contributed by atoms with van der Waals surface area (Å²) in [7, 11) is 1.71. The summed E-state index contributed by atoms with van der Waals surface area (Å²) in [5, 5.41) is 2.52. The molecule has 4 rings (SSSR count). The van der Waals surface area contributed by atoms with Crippen molar-refractivity contribution in [3.8, 4) is 5.75 Å². The molecule has 2 aliphatic rings. The van der Waals surface area contributed by atoms with E-state index in [9.17, 15) is 0 Å². The molecule has 2 aromatic rings. The van der Waals surface area contributed by atoms with Gasteiger partial charge in [-0.25, -0.2) is 0 Å². The highest BCUT2D eigenvalue weighted by molar-refractivity contribution is 5.84. The Morgan fingerprint density at radius 2 is 1.78 bits per heavy atom. The quantitative estimate of drug-likeness (QED) is 0.865. The predicted molar refractivity (Wildman–Crippen MR) is 92.0 cm³/mol. The van der Waals surface area contributed by atoms with E-state index in [2.05, 4.69) is 40.1 Å². The van der Waals surface area contributed by atoms with E-state index in [1.165, 1.54) is 29.4 Å². The summed E-state index contributed by atoms with van der Waals surface area (Å²) < 4.78 is 10.7. The lowest BCUT2D eigenvalue weighted by Crippen LogP contribution is -2.60. The summed E-state index contributed by atoms with van der Waals surface area (Å²) >= 11 is 0. The van der Waals surface area contributed by atoms with E-state index in [1.807, 2.05) is 6.07 Å². The number of morpholine rings is 1. The number of likely N-dealkylation sites (tertiary alicyclic amines) is 1. The number of benzene rings is 2. The lowest BCUT2D eigenvalue weighted by molar-refractivity contribution is -0.0344. The van der Waals surface area contributed by atoms with Crippen LogP contribution in [0.1, 0.15) is 5.56 Å². The van der Waals surface area contributed by atoms with Crippen LogP contribution in [-0.2, 0) is 11.3 Å². The van der Waals surface area contributed by atoms with Crippen LogP contribution in [-0.4, -0.2) is 62.3 Å². The zero-order chi connectivity index (χ0) is 15.6. The van der Waals surface area contributed by atoms with Crippen LogP contribution in [0, 0.1) is 0 Å². The molecular formula is C19H24N2O2. The van der Waals surface area contributed by atoms with E-state index in [1.54, 1.807) is 7.11 Å². The van der Waals surface area contributed by atoms with Crippen molar-refractivity contribution in [2.45, 2.75) is 12.6 Å². The first-order valence-corrected chi connectivity index (χ1v) is 8.43. The third kappa shape index (κ3) is 3.20. The molecule has 0 spiro atoms. The summed E-state index contributed by atoms with van der Waals surface area (Å²) in [6.45, 7) is 7.38. The van der Waals surface area contributed by atoms with Gasteiger partial charge < -0.3 is 9.47 Å². The summed E-state index contributed by atoms with van der Waals surface area (Å²) in [6.07, 6.45) is 0. The highest BCUT2D eigenvalue weighted by atomic mass is 16.5. The molecule has 23 heavy (non-hydrogen) atoms. The zero-order valence-electron chi connectivity index (χ0n) is 13.7. The fraction of sp³-hybridized carbons (Fsp3) is 0.474. The molecule has 0 aromatic heterocycles. The molecule has 0 atom stereocenters. The number of fused-ring (bicyclic) bond motifs is 1. The van der Waals surface area contributed by atoms with E-state index < -0.39 is 0 Å². The van der Waals surface area contributed by atoms with Crippen LogP contribution < -0.4 is 4.74 Å². The molecule has 4 heteroatoms. The number of nitrogens with zero attached hydrogens (tertiary/aromatic N) is 2. The molecule has 2 fully saturated rings. The minimum absolute atomic E-state index is 0.726. The van der Waals surface area contributed by atoms with Crippen LogP contribution in [0.5, 0.6) is 5.75 Å². The van der Waals surface area contributed by atoms with E-state index in [0.717, 1.165) is 44.6 Å². The number of rotatable bonds is 4. The Hall–Kier alpha value is -1.62. The lowest BCUT2D eigenvalue weighted by atomic mass is 10.0. The van der Waals surface area contributed by atoms with Crippen LogP contribution >= 0.6 is 0 Å². The van der Waals surface area contributed by atoms with Crippen molar-refractivity contribution in [1.82, 2.24) is 9.80 Å². The van der Waals surface area contributed by atoms with Crippen molar-refractivity contribution < 1.29 is 9.47 Å². The summed E-state index contributed by atoms with van der Waals surface area (Å²) in [6, 6.07) is 13.7. The van der Waals surface area contributed by atoms with Crippen LogP contribution in [0.4, 0.5) is 0 Å². The van der Waals surface area contributed by atoms with Crippen molar-refractivity contribution in [1.29, 1.82) is 0 Å². The van der Waals surface area contributed by atoms with Gasteiger partial charge in [0.2, 0.25) is 0 Å². The standard InChI is InChI=1S/C19H24N2O2/c1-22-19-5-4-16-10-15(2-3-17(16)11-19)12-20-13-18(14-20)21-6-8-23-9-7-21/h2-5,10-11,18H,6-9,12-14H2,1H3. The van der Waals surface area contributed by atoms with Crippen LogP contribution in [0.3, 0.4) is 0 Å². The third-order valence-corrected chi connectivity index (χ3v) is 5.02. The maximum absolute atomic E-state index is 5.43. The molecule has 0 unspecified atom stereocenters. The summed E-state index contributed by atoms with van der Waals surface area (Å²) in [5.74, 6) is 0.918. The number of ether oxygens (including phenoxy) is 2. The fourth-order valence-corrected chi connectivity index (χ4v) is 3.60. The van der Waals surface area contributed by atoms with Gasteiger partial charge in [0.1, 0.15) is 5.75 Å². The highest BCUT2D eigenvalue weighted by Crippen LogP contribution is 2.24. The lowest BCUT2D eigenvalue weighted by Gasteiger charge is -2.46. The van der Waals surface area contributed by atoms with E-state index in [0.29, 0.717) is 0 Å². The Bertz CT molecular complexity index is 676. The van der Waals surface area contributed by atoms with Crippen LogP contribution in [0.2, 0.25) is 0 Å². The monoisotopic (exact) mass is 312 g/mol. The van der Waals surface area contributed by atoms with Gasteiger partial charge in [-0.15, -0.1) is 0 Å². The molecule has 0 aliphatic carbocycles. The molecule has 0 N–H and O–H groups in total. The highest BCUT2D eigenvalue weighted by Gasteiger charge is 2.32. The molecule has 2 aromatic carbocycles. The summed E-state index contributed by atoms with van der Waals surface area (Å²) in [5.41, 5.74) is 1.39. The number of hydrogen-bond acceptors (Lipinski definition) is 4. The third-order valence-electron chi connectivity index (χ3n) is 5.02. The first-order chi connectivity index (χ1) is 11.3. The molecule has 122 valence electrons. The molecule has 2 aliphatic heterocycles. The SMILES string of the molecule is COc1ccc2cc(CN3CC(N4CCOCC4)C3)ccc2c1. The van der Waals surface area contributed by atoms with Gasteiger partial charge in [0, 0.05) is 38.8 Å². The van der Waals surface area contributed by atoms with Gasteiger partial charge in [-0.3, -0.25) is 9.80 Å². The van der Waals surface area contributed by atoms with E-state index in [-0.39, 0.29) is 0 Å². The minimum atomic E-state index is 0.726. The minimum Gasteiger partial charge on any atom is -0.497 e. The van der Waals surface area contributed by atoms with Gasteiger partial charge in [-0.05, 0) is 34.5 Å². The maximum Gasteiger partial charge on any atom is 0.119 e. The van der Waals surface area contributed by atoms with Crippen LogP contribution in [0.25, 0.3) is 10.8 Å². The predicted octanol–water partition coefficient (Wildman–Crippen LogP) is 2.36. The Balaban J connectivity index is 1.37. The molecule has 4 nitrogen and oxygen atoms in total. The van der Waals surface area contributed by atoms with Crippen molar-refractivity contribution in [3.63, 3.8) is 0 Å². The zero-order valence-corrected chi connectivity index (χ0v) is 13.7. The first-order valence-electron chi connectivity index (χ1n) is 8.43. The van der Waals surface area contributed by atoms with Crippen molar-refractivity contribution >= 4 is 10.8 Å². The van der Waals surface area contributed by atoms with Gasteiger partial charge in [-0.1, -0.05) is 18.2 Å². The van der Waals surface area contributed by atoms with Crippen molar-refractivity contribution in [2.75, 3.05) is 46.5 Å². The van der Waals surface area contributed by atoms with Crippen molar-refractivity contribution in [3.05, 3.63) is 42.0 Å². The second kappa shape index (κ2) is 6.48. The Labute approximate surface area is 137 Å². The molecular weight excluding hydrogens is 288 g/mol. The second-order valence-corrected chi connectivity index (χ2v) is 6.54. The molecule has 0 saturated carbocycles. The normalized spacial score (nSPS) is 20.6. The van der Waals surface area contributed by atoms with Gasteiger partial charge in [-0.2, -0.15) is 0 Å². The Morgan fingerprint density at radius 3 is 2.57 bits per heavy atom. The van der Waals surface area contributed by atoms with Gasteiger partial charge in [0.15, 0.2) is 0 Å². The molecule has 0 amide bonds. The molecule has 0 radical (unpaired) electrons. The topological polar surface area (TPSA) is 24.9 Å². The molecule has 2 saturated heterocycles. The van der Waals surface area contributed by atoms with E-state index >= 15 is 0 Å². The molecule has 2 heterocycles. The first kappa shape index (κ1) is 14.9. The van der Waals surface area contributed by atoms with E-state index in [4.69, 9.17) is 9.47 Å². The largest absolute Gasteiger partial charge is 0.497 e. The number of methoxy groups -OCH3 is 1. The van der Waals surface area contributed by atoms with Crippen LogP contribution in [0.15, 0.2) is 36.4 Å². The van der Waals surface area contributed by atoms with Gasteiger partial charge in [0.25, 0.3) is 0 Å². The fourth-order valence-electron chi connectivity index (χ4n) is 3.60. The smallest absolute Gasteiger partial charge is 0.119 e. The summed E-state index contributed by atoms with van der Waals surface area (Å²) in [4.78, 5) is 5.11.